The zero-order chi connectivity index (χ0) is 20.9. The molecular weight excluding hydrogens is 390 g/mol. The lowest BCUT2D eigenvalue weighted by molar-refractivity contribution is 0.0955. The molecule has 156 valence electrons. The van der Waals surface area contributed by atoms with Gasteiger partial charge in [0, 0.05) is 44.0 Å². The summed E-state index contributed by atoms with van der Waals surface area (Å²) in [4.78, 5) is 14.4. The summed E-state index contributed by atoms with van der Waals surface area (Å²) in [6.07, 6.45) is 0. The van der Waals surface area contributed by atoms with Crippen LogP contribution in [0.15, 0.2) is 48.5 Å². The molecular formula is C21H27N3O4S. The van der Waals surface area contributed by atoms with Gasteiger partial charge < -0.3 is 15.0 Å². The fourth-order valence-electron chi connectivity index (χ4n) is 3.34. The zero-order valence-electron chi connectivity index (χ0n) is 16.8. The standard InChI is InChI=1S/C21H27N3O4S/c1-17-5-3-7-19(15-17)23-10-12-24(13-11-23)29(26,27)14-9-22-21(25)18-6-4-8-20(16-18)28-2/h3-8,15-16H,9-14H2,1-2H3,(H,22,25). The van der Waals surface area contributed by atoms with Gasteiger partial charge in [0.05, 0.1) is 12.9 Å². The van der Waals surface area contributed by atoms with Crippen molar-refractivity contribution < 1.29 is 17.9 Å². The number of carbonyl (C=O) groups is 1. The van der Waals surface area contributed by atoms with E-state index < -0.39 is 10.0 Å². The van der Waals surface area contributed by atoms with Crippen molar-refractivity contribution >= 4 is 21.6 Å². The zero-order valence-corrected chi connectivity index (χ0v) is 17.6. The molecule has 1 saturated heterocycles. The average molecular weight is 418 g/mol. The maximum atomic E-state index is 12.6. The lowest BCUT2D eigenvalue weighted by atomic mass is 10.2. The highest BCUT2D eigenvalue weighted by Gasteiger charge is 2.27. The number of nitrogens with one attached hydrogen (secondary N) is 1. The second-order valence-electron chi connectivity index (χ2n) is 7.03. The number of piperazine rings is 1. The van der Waals surface area contributed by atoms with Crippen LogP contribution in [0.25, 0.3) is 0 Å². The number of benzene rings is 2. The largest absolute Gasteiger partial charge is 0.497 e. The van der Waals surface area contributed by atoms with E-state index in [1.54, 1.807) is 24.3 Å². The number of carbonyl (C=O) groups excluding carboxylic acids is 1. The molecule has 1 aliphatic rings. The third-order valence-electron chi connectivity index (χ3n) is 4.98. The molecule has 2 aromatic carbocycles. The molecule has 0 aliphatic carbocycles. The van der Waals surface area contributed by atoms with Crippen molar-refractivity contribution in [2.24, 2.45) is 0 Å². The van der Waals surface area contributed by atoms with Crippen LogP contribution in [0.5, 0.6) is 5.75 Å². The number of ether oxygens (including phenoxy) is 1. The monoisotopic (exact) mass is 417 g/mol. The molecule has 1 fully saturated rings. The van der Waals surface area contributed by atoms with Gasteiger partial charge in [-0.1, -0.05) is 18.2 Å². The van der Waals surface area contributed by atoms with Crippen molar-refractivity contribution in [3.05, 3.63) is 59.7 Å². The van der Waals surface area contributed by atoms with E-state index in [9.17, 15) is 13.2 Å². The third-order valence-corrected chi connectivity index (χ3v) is 6.85. The normalized spacial score (nSPS) is 15.2. The van der Waals surface area contributed by atoms with Gasteiger partial charge in [-0.2, -0.15) is 4.31 Å². The van der Waals surface area contributed by atoms with Gasteiger partial charge in [0.25, 0.3) is 5.91 Å². The van der Waals surface area contributed by atoms with Crippen molar-refractivity contribution in [1.29, 1.82) is 0 Å². The van der Waals surface area contributed by atoms with Crippen LogP contribution in [-0.2, 0) is 10.0 Å². The second-order valence-corrected chi connectivity index (χ2v) is 9.12. The lowest BCUT2D eigenvalue weighted by Gasteiger charge is -2.35. The molecule has 0 aromatic heterocycles. The second kappa shape index (κ2) is 9.28. The highest BCUT2D eigenvalue weighted by atomic mass is 32.2. The van der Waals surface area contributed by atoms with Crippen LogP contribution in [0.1, 0.15) is 15.9 Å². The minimum Gasteiger partial charge on any atom is -0.497 e. The van der Waals surface area contributed by atoms with E-state index in [0.29, 0.717) is 37.5 Å². The van der Waals surface area contributed by atoms with Crippen molar-refractivity contribution in [3.8, 4) is 5.75 Å². The number of hydrogen-bond donors (Lipinski definition) is 1. The number of nitrogens with zero attached hydrogens (tertiary/aromatic N) is 2. The summed E-state index contributed by atoms with van der Waals surface area (Å²) in [7, 11) is -1.89. The summed E-state index contributed by atoms with van der Waals surface area (Å²) >= 11 is 0. The Balaban J connectivity index is 1.49. The maximum Gasteiger partial charge on any atom is 0.251 e. The Hall–Kier alpha value is -2.58. The fraction of sp³-hybridized carbons (Fsp3) is 0.381. The molecule has 0 spiro atoms. The smallest absolute Gasteiger partial charge is 0.251 e. The Morgan fingerprint density at radius 1 is 1.07 bits per heavy atom. The number of anilines is 1. The summed E-state index contributed by atoms with van der Waals surface area (Å²) < 4.78 is 31.9. The van der Waals surface area contributed by atoms with Crippen LogP contribution in [-0.4, -0.2) is 64.2 Å². The highest BCUT2D eigenvalue weighted by Crippen LogP contribution is 2.19. The van der Waals surface area contributed by atoms with E-state index in [2.05, 4.69) is 16.3 Å². The molecule has 0 bridgehead atoms. The molecule has 0 saturated carbocycles. The Kier molecular flexibility index (Phi) is 6.76. The molecule has 8 heteroatoms. The first-order valence-corrected chi connectivity index (χ1v) is 11.2. The maximum absolute atomic E-state index is 12.6. The van der Waals surface area contributed by atoms with Gasteiger partial charge in [-0.15, -0.1) is 0 Å². The van der Waals surface area contributed by atoms with E-state index in [0.717, 1.165) is 5.69 Å². The molecule has 3 rings (SSSR count). The predicted molar refractivity (Wildman–Crippen MR) is 114 cm³/mol. The number of aryl methyl sites for hydroxylation is 1. The van der Waals surface area contributed by atoms with Crippen LogP contribution >= 0.6 is 0 Å². The number of rotatable bonds is 7. The average Bonchev–Trinajstić information content (AvgIpc) is 2.73. The summed E-state index contributed by atoms with van der Waals surface area (Å²) in [6, 6.07) is 15.0. The van der Waals surface area contributed by atoms with Crippen LogP contribution in [0.3, 0.4) is 0 Å². The van der Waals surface area contributed by atoms with E-state index >= 15 is 0 Å². The van der Waals surface area contributed by atoms with Crippen LogP contribution in [0, 0.1) is 6.92 Å². The Labute approximate surface area is 172 Å². The van der Waals surface area contributed by atoms with Crippen LogP contribution < -0.4 is 15.0 Å². The van der Waals surface area contributed by atoms with E-state index in [4.69, 9.17) is 4.74 Å². The SMILES string of the molecule is COc1cccc(C(=O)NCCS(=O)(=O)N2CCN(c3cccc(C)c3)CC2)c1. The van der Waals surface area contributed by atoms with Crippen LogP contribution in [0.4, 0.5) is 5.69 Å². The quantitative estimate of drug-likeness (QED) is 0.744. The predicted octanol–water partition coefficient (Wildman–Crippen LogP) is 1.89. The molecule has 0 atom stereocenters. The molecule has 1 heterocycles. The molecule has 7 nitrogen and oxygen atoms in total. The van der Waals surface area contributed by atoms with Gasteiger partial charge in [-0.3, -0.25) is 4.79 Å². The Morgan fingerprint density at radius 2 is 1.79 bits per heavy atom. The first kappa shape index (κ1) is 21.1. The van der Waals surface area contributed by atoms with Gasteiger partial charge >= 0.3 is 0 Å². The number of hydrogen-bond acceptors (Lipinski definition) is 5. The summed E-state index contributed by atoms with van der Waals surface area (Å²) in [6.45, 7) is 4.30. The Bertz CT molecular complexity index is 954. The molecule has 1 amide bonds. The first-order chi connectivity index (χ1) is 13.9. The summed E-state index contributed by atoms with van der Waals surface area (Å²) in [5.41, 5.74) is 2.74. The number of sulfonamides is 1. The fourth-order valence-corrected chi connectivity index (χ4v) is 4.68. The lowest BCUT2D eigenvalue weighted by Crippen LogP contribution is -2.50. The van der Waals surface area contributed by atoms with Gasteiger partial charge in [0.1, 0.15) is 5.75 Å². The van der Waals surface area contributed by atoms with E-state index in [-0.39, 0.29) is 18.2 Å². The first-order valence-electron chi connectivity index (χ1n) is 9.61. The Morgan fingerprint density at radius 3 is 2.48 bits per heavy atom. The molecule has 1 aliphatic heterocycles. The topological polar surface area (TPSA) is 78.9 Å². The van der Waals surface area contributed by atoms with Crippen molar-refractivity contribution in [2.45, 2.75) is 6.92 Å². The van der Waals surface area contributed by atoms with Crippen molar-refractivity contribution in [1.82, 2.24) is 9.62 Å². The highest BCUT2D eigenvalue weighted by molar-refractivity contribution is 7.89. The molecule has 2 aromatic rings. The number of amides is 1. The minimum absolute atomic E-state index is 0.0659. The van der Waals surface area contributed by atoms with Crippen molar-refractivity contribution in [2.75, 3.05) is 50.5 Å². The molecule has 0 unspecified atom stereocenters. The van der Waals surface area contributed by atoms with Gasteiger partial charge in [0.15, 0.2) is 0 Å². The summed E-state index contributed by atoms with van der Waals surface area (Å²) in [5, 5.41) is 2.68. The number of methoxy groups -OCH3 is 1. The van der Waals surface area contributed by atoms with E-state index in [1.165, 1.54) is 17.0 Å². The van der Waals surface area contributed by atoms with Gasteiger partial charge in [0.2, 0.25) is 10.0 Å². The molecule has 29 heavy (non-hydrogen) atoms. The van der Waals surface area contributed by atoms with Crippen LogP contribution in [0.2, 0.25) is 0 Å². The van der Waals surface area contributed by atoms with Crippen molar-refractivity contribution in [3.63, 3.8) is 0 Å². The molecule has 0 radical (unpaired) electrons. The minimum atomic E-state index is -3.42. The van der Waals surface area contributed by atoms with Gasteiger partial charge in [-0.05, 0) is 42.8 Å². The summed E-state index contributed by atoms with van der Waals surface area (Å²) in [5.74, 6) is 0.146. The van der Waals surface area contributed by atoms with Gasteiger partial charge in [-0.25, -0.2) is 8.42 Å². The molecule has 1 N–H and O–H groups in total. The third kappa shape index (κ3) is 5.48. The van der Waals surface area contributed by atoms with E-state index in [1.807, 2.05) is 25.1 Å².